The highest BCUT2D eigenvalue weighted by Crippen LogP contribution is 2.25. The van der Waals surface area contributed by atoms with Crippen LogP contribution in [-0.2, 0) is 13.6 Å². The molecule has 0 bridgehead atoms. The molecule has 0 radical (unpaired) electrons. The van der Waals surface area contributed by atoms with Crippen LogP contribution in [0.1, 0.15) is 48.0 Å². The van der Waals surface area contributed by atoms with E-state index in [1.54, 1.807) is 25.2 Å². The monoisotopic (exact) mass is 436 g/mol. The average molecular weight is 437 g/mol. The number of nitrogens with one attached hydrogen (secondary N) is 2. The van der Waals surface area contributed by atoms with Crippen molar-refractivity contribution < 1.29 is 4.79 Å². The molecule has 162 valence electrons. The fourth-order valence-electron chi connectivity index (χ4n) is 4.34. The van der Waals surface area contributed by atoms with Gasteiger partial charge in [0.1, 0.15) is 0 Å². The Morgan fingerprint density at radius 2 is 1.94 bits per heavy atom. The predicted molar refractivity (Wildman–Crippen MR) is 127 cm³/mol. The van der Waals surface area contributed by atoms with Gasteiger partial charge < -0.3 is 10.3 Å². The molecule has 31 heavy (non-hydrogen) atoms. The van der Waals surface area contributed by atoms with Crippen LogP contribution in [0.2, 0.25) is 0 Å². The molecule has 0 atom stereocenters. The zero-order chi connectivity index (χ0) is 22.0. The maximum absolute atomic E-state index is 13.0. The maximum atomic E-state index is 13.0. The van der Waals surface area contributed by atoms with Gasteiger partial charge in [0.2, 0.25) is 0 Å². The minimum Gasteiger partial charge on any atom is -0.332 e. The van der Waals surface area contributed by atoms with Gasteiger partial charge in [0.05, 0.1) is 10.9 Å². The summed E-state index contributed by atoms with van der Waals surface area (Å²) in [6.07, 6.45) is 6.40. The number of anilines is 1. The van der Waals surface area contributed by atoms with E-state index in [9.17, 15) is 9.59 Å². The van der Waals surface area contributed by atoms with Crippen LogP contribution in [0.5, 0.6) is 0 Å². The number of amides is 1. The molecule has 0 spiro atoms. The van der Waals surface area contributed by atoms with Crippen molar-refractivity contribution in [2.45, 2.75) is 44.7 Å². The SMILES string of the molecule is CN(Cc1ccccc1NC(=O)c1ccc2c(=O)n(C)c(=S)[nH]c2c1)C1CCCCC1. The number of hydrogen-bond donors (Lipinski definition) is 2. The molecule has 1 aliphatic carbocycles. The number of fused-ring (bicyclic) bond motifs is 1. The molecule has 7 heteroatoms. The topological polar surface area (TPSA) is 70.1 Å². The van der Waals surface area contributed by atoms with Crippen molar-refractivity contribution in [2.75, 3.05) is 12.4 Å². The molecule has 0 saturated heterocycles. The van der Waals surface area contributed by atoms with Crippen molar-refractivity contribution in [1.82, 2.24) is 14.5 Å². The molecule has 3 aromatic rings. The summed E-state index contributed by atoms with van der Waals surface area (Å²) >= 11 is 5.20. The number of hydrogen-bond acceptors (Lipinski definition) is 4. The first-order valence-corrected chi connectivity index (χ1v) is 11.2. The van der Waals surface area contributed by atoms with Crippen LogP contribution in [0.3, 0.4) is 0 Å². The van der Waals surface area contributed by atoms with E-state index in [0.29, 0.717) is 27.3 Å². The molecule has 1 saturated carbocycles. The molecule has 1 aliphatic rings. The largest absolute Gasteiger partial charge is 0.332 e. The number of H-pyrrole nitrogens is 1. The molecule has 1 fully saturated rings. The van der Waals surface area contributed by atoms with E-state index in [4.69, 9.17) is 12.2 Å². The van der Waals surface area contributed by atoms with Crippen LogP contribution < -0.4 is 10.9 Å². The summed E-state index contributed by atoms with van der Waals surface area (Å²) in [5.41, 5.74) is 2.76. The maximum Gasteiger partial charge on any atom is 0.261 e. The Morgan fingerprint density at radius 3 is 2.71 bits per heavy atom. The molecule has 0 aliphatic heterocycles. The average Bonchev–Trinajstić information content (AvgIpc) is 2.79. The van der Waals surface area contributed by atoms with Gasteiger partial charge in [-0.25, -0.2) is 0 Å². The summed E-state index contributed by atoms with van der Waals surface area (Å²) < 4.78 is 1.71. The van der Waals surface area contributed by atoms with E-state index in [-0.39, 0.29) is 11.5 Å². The number of aromatic amines is 1. The highest BCUT2D eigenvalue weighted by molar-refractivity contribution is 7.71. The third-order valence-corrected chi connectivity index (χ3v) is 6.62. The van der Waals surface area contributed by atoms with Gasteiger partial charge in [-0.05, 0) is 61.9 Å². The number of para-hydroxylation sites is 1. The van der Waals surface area contributed by atoms with Gasteiger partial charge in [-0.1, -0.05) is 37.5 Å². The first-order valence-electron chi connectivity index (χ1n) is 10.8. The van der Waals surface area contributed by atoms with Crippen molar-refractivity contribution in [3.05, 3.63) is 68.7 Å². The molecule has 1 amide bonds. The zero-order valence-corrected chi connectivity index (χ0v) is 18.8. The predicted octanol–water partition coefficient (Wildman–Crippen LogP) is 4.61. The van der Waals surface area contributed by atoms with E-state index in [0.717, 1.165) is 17.8 Å². The van der Waals surface area contributed by atoms with Crippen LogP contribution in [0.4, 0.5) is 5.69 Å². The van der Waals surface area contributed by atoms with E-state index in [2.05, 4.69) is 28.3 Å². The third kappa shape index (κ3) is 4.62. The number of aromatic nitrogens is 2. The normalized spacial score (nSPS) is 14.8. The minimum absolute atomic E-state index is 0.179. The van der Waals surface area contributed by atoms with Crippen LogP contribution in [0, 0.1) is 4.77 Å². The van der Waals surface area contributed by atoms with Crippen LogP contribution in [-0.4, -0.2) is 33.4 Å². The summed E-state index contributed by atoms with van der Waals surface area (Å²) in [5.74, 6) is -0.213. The Labute approximate surface area is 186 Å². The van der Waals surface area contributed by atoms with Crippen LogP contribution in [0.25, 0.3) is 10.9 Å². The Balaban J connectivity index is 1.55. The third-order valence-electron chi connectivity index (χ3n) is 6.25. The number of carbonyl (C=O) groups is 1. The van der Waals surface area contributed by atoms with Crippen molar-refractivity contribution in [1.29, 1.82) is 0 Å². The molecule has 1 heterocycles. The lowest BCUT2D eigenvalue weighted by Crippen LogP contribution is -2.33. The highest BCUT2D eigenvalue weighted by atomic mass is 32.1. The first-order chi connectivity index (χ1) is 14.9. The molecule has 4 rings (SSSR count). The number of rotatable bonds is 5. The van der Waals surface area contributed by atoms with E-state index in [1.165, 1.54) is 36.7 Å². The van der Waals surface area contributed by atoms with Gasteiger partial charge in [0.15, 0.2) is 4.77 Å². The minimum atomic E-state index is -0.213. The summed E-state index contributed by atoms with van der Waals surface area (Å²) in [6.45, 7) is 0.794. The summed E-state index contributed by atoms with van der Waals surface area (Å²) in [5, 5.41) is 3.55. The van der Waals surface area contributed by atoms with Crippen molar-refractivity contribution in [2.24, 2.45) is 7.05 Å². The Bertz CT molecular complexity index is 1220. The second-order valence-electron chi connectivity index (χ2n) is 8.37. The lowest BCUT2D eigenvalue weighted by Gasteiger charge is -2.31. The van der Waals surface area contributed by atoms with Gasteiger partial charge in [0, 0.05) is 30.9 Å². The van der Waals surface area contributed by atoms with Crippen molar-refractivity contribution in [3.8, 4) is 0 Å². The molecule has 6 nitrogen and oxygen atoms in total. The first kappa shape index (κ1) is 21.5. The Morgan fingerprint density at radius 1 is 1.19 bits per heavy atom. The second-order valence-corrected chi connectivity index (χ2v) is 8.76. The van der Waals surface area contributed by atoms with Gasteiger partial charge in [0.25, 0.3) is 11.5 Å². The molecular formula is C24H28N4O2S. The standard InChI is InChI=1S/C24H28N4O2S/c1-27(18-9-4-3-5-10-18)15-17-8-6-7-11-20(17)25-22(29)16-12-13-19-21(14-16)26-24(31)28(2)23(19)30/h6-8,11-14,18H,3-5,9-10,15H2,1-2H3,(H,25,29)(H,26,31). The summed E-state index contributed by atoms with van der Waals surface area (Å²) in [4.78, 5) is 30.8. The highest BCUT2D eigenvalue weighted by Gasteiger charge is 2.19. The van der Waals surface area contributed by atoms with Crippen molar-refractivity contribution >= 4 is 34.7 Å². The molecule has 2 N–H and O–H groups in total. The summed E-state index contributed by atoms with van der Waals surface area (Å²) in [7, 11) is 3.79. The number of nitrogens with zero attached hydrogens (tertiary/aromatic N) is 2. The molecule has 0 unspecified atom stereocenters. The van der Waals surface area contributed by atoms with E-state index in [1.807, 2.05) is 18.2 Å². The number of carbonyl (C=O) groups excluding carboxylic acids is 1. The number of benzene rings is 2. The van der Waals surface area contributed by atoms with Crippen LogP contribution in [0.15, 0.2) is 47.3 Å². The van der Waals surface area contributed by atoms with E-state index < -0.39 is 0 Å². The molecule has 2 aromatic carbocycles. The second kappa shape index (κ2) is 9.16. The Kier molecular flexibility index (Phi) is 6.34. The van der Waals surface area contributed by atoms with Gasteiger partial charge in [-0.15, -0.1) is 0 Å². The quantitative estimate of drug-likeness (QED) is 0.573. The lowest BCUT2D eigenvalue weighted by atomic mass is 9.94. The Hall–Kier alpha value is -2.77. The fourth-order valence-corrected chi connectivity index (χ4v) is 4.53. The van der Waals surface area contributed by atoms with E-state index >= 15 is 0 Å². The fraction of sp³-hybridized carbons (Fsp3) is 0.375. The van der Waals surface area contributed by atoms with Gasteiger partial charge in [-0.2, -0.15) is 0 Å². The molecule has 1 aromatic heterocycles. The van der Waals surface area contributed by atoms with Crippen molar-refractivity contribution in [3.63, 3.8) is 0 Å². The van der Waals surface area contributed by atoms with Crippen LogP contribution >= 0.6 is 12.2 Å². The summed E-state index contributed by atoms with van der Waals surface area (Å²) in [6, 6.07) is 13.6. The smallest absolute Gasteiger partial charge is 0.261 e. The van der Waals surface area contributed by atoms with Gasteiger partial charge in [-0.3, -0.25) is 19.1 Å². The van der Waals surface area contributed by atoms with Gasteiger partial charge >= 0.3 is 0 Å². The lowest BCUT2D eigenvalue weighted by molar-refractivity contribution is 0.102. The zero-order valence-electron chi connectivity index (χ0n) is 18.0. The molecular weight excluding hydrogens is 408 g/mol.